The summed E-state index contributed by atoms with van der Waals surface area (Å²) >= 11 is 0. The van der Waals surface area contributed by atoms with Gasteiger partial charge in [-0.05, 0) is 38.0 Å². The van der Waals surface area contributed by atoms with Crippen molar-refractivity contribution < 1.29 is 0 Å². The molecule has 0 bridgehead atoms. The molecule has 0 heterocycles. The van der Waals surface area contributed by atoms with Gasteiger partial charge in [-0.25, -0.2) is 0 Å². The Labute approximate surface area is 82.5 Å². The zero-order valence-electron chi connectivity index (χ0n) is 9.09. The third-order valence-electron chi connectivity index (χ3n) is 2.48. The number of rotatable bonds is 6. The van der Waals surface area contributed by atoms with E-state index in [1.807, 2.05) is 0 Å². The van der Waals surface area contributed by atoms with Crippen molar-refractivity contribution >= 4 is 0 Å². The van der Waals surface area contributed by atoms with E-state index in [-0.39, 0.29) is 0 Å². The van der Waals surface area contributed by atoms with Crippen molar-refractivity contribution in [2.75, 3.05) is 0 Å². The lowest BCUT2D eigenvalue weighted by Gasteiger charge is -2.18. The Hall–Kier alpha value is -0.770. The second-order valence-corrected chi connectivity index (χ2v) is 3.86. The van der Waals surface area contributed by atoms with Gasteiger partial charge in [0.05, 0.1) is 6.07 Å². The number of allylic oxidation sites excluding steroid dienone is 2. The molecule has 0 N–H and O–H groups in total. The van der Waals surface area contributed by atoms with Crippen LogP contribution in [0.2, 0.25) is 0 Å². The predicted octanol–water partition coefficient (Wildman–Crippen LogP) is 3.92. The Balaban J connectivity index is 3.75. The fraction of sp³-hybridized carbons (Fsp3) is 0.750. The molecule has 74 valence electrons. The van der Waals surface area contributed by atoms with E-state index in [1.54, 1.807) is 0 Å². The maximum atomic E-state index is 8.43. The molecule has 1 atom stereocenters. The minimum atomic E-state index is 0.707. The summed E-state index contributed by atoms with van der Waals surface area (Å²) in [4.78, 5) is 0. The van der Waals surface area contributed by atoms with Crippen LogP contribution in [0.3, 0.4) is 0 Å². The van der Waals surface area contributed by atoms with E-state index in [0.717, 1.165) is 18.3 Å². The SMILES string of the molecule is C/C=C\C[C@H](CCCC#N)C(C)C. The van der Waals surface area contributed by atoms with Gasteiger partial charge in [-0.2, -0.15) is 5.26 Å². The Morgan fingerprint density at radius 3 is 2.54 bits per heavy atom. The van der Waals surface area contributed by atoms with Gasteiger partial charge in [-0.15, -0.1) is 0 Å². The van der Waals surface area contributed by atoms with Crippen LogP contribution in [0.4, 0.5) is 0 Å². The highest BCUT2D eigenvalue weighted by atomic mass is 14.2. The second kappa shape index (κ2) is 7.86. The van der Waals surface area contributed by atoms with Gasteiger partial charge in [0.25, 0.3) is 0 Å². The quantitative estimate of drug-likeness (QED) is 0.448. The first-order chi connectivity index (χ1) is 6.22. The van der Waals surface area contributed by atoms with Crippen LogP contribution >= 0.6 is 0 Å². The molecule has 13 heavy (non-hydrogen) atoms. The van der Waals surface area contributed by atoms with E-state index in [4.69, 9.17) is 5.26 Å². The molecule has 0 unspecified atom stereocenters. The Morgan fingerprint density at radius 2 is 2.08 bits per heavy atom. The third-order valence-corrected chi connectivity index (χ3v) is 2.48. The van der Waals surface area contributed by atoms with E-state index in [9.17, 15) is 0 Å². The molecule has 0 aromatic carbocycles. The summed E-state index contributed by atoms with van der Waals surface area (Å²) in [5.41, 5.74) is 0. The average Bonchev–Trinajstić information content (AvgIpc) is 2.10. The van der Waals surface area contributed by atoms with E-state index in [1.165, 1.54) is 12.8 Å². The van der Waals surface area contributed by atoms with Crippen molar-refractivity contribution in [2.45, 2.75) is 46.5 Å². The van der Waals surface area contributed by atoms with Crippen LogP contribution in [0, 0.1) is 23.2 Å². The summed E-state index contributed by atoms with van der Waals surface area (Å²) in [6, 6.07) is 2.20. The topological polar surface area (TPSA) is 23.8 Å². The van der Waals surface area contributed by atoms with Crippen molar-refractivity contribution in [3.05, 3.63) is 12.2 Å². The average molecular weight is 179 g/mol. The minimum Gasteiger partial charge on any atom is -0.198 e. The van der Waals surface area contributed by atoms with Gasteiger partial charge in [-0.1, -0.05) is 26.0 Å². The molecule has 0 aromatic rings. The van der Waals surface area contributed by atoms with Crippen molar-refractivity contribution in [2.24, 2.45) is 11.8 Å². The molecule has 1 nitrogen and oxygen atoms in total. The first-order valence-corrected chi connectivity index (χ1v) is 5.20. The maximum absolute atomic E-state index is 8.43. The molecular weight excluding hydrogens is 158 g/mol. The highest BCUT2D eigenvalue weighted by Gasteiger charge is 2.10. The summed E-state index contributed by atoms with van der Waals surface area (Å²) in [6.45, 7) is 6.59. The molecule has 0 aromatic heterocycles. The third kappa shape index (κ3) is 6.40. The molecule has 0 saturated carbocycles. The zero-order chi connectivity index (χ0) is 10.1. The standard InChI is InChI=1S/C12H21N/c1-4-5-8-12(11(2)3)9-6-7-10-13/h4-5,11-12H,6-9H2,1-3H3/b5-4-/t12-/m1/s1. The van der Waals surface area contributed by atoms with Gasteiger partial charge in [-0.3, -0.25) is 0 Å². The lowest BCUT2D eigenvalue weighted by Crippen LogP contribution is -2.07. The largest absolute Gasteiger partial charge is 0.198 e. The Bertz CT molecular complexity index is 174. The number of nitriles is 1. The summed E-state index contributed by atoms with van der Waals surface area (Å²) < 4.78 is 0. The van der Waals surface area contributed by atoms with Crippen LogP contribution < -0.4 is 0 Å². The minimum absolute atomic E-state index is 0.707. The fourth-order valence-electron chi connectivity index (χ4n) is 1.48. The smallest absolute Gasteiger partial charge is 0.0621 e. The van der Waals surface area contributed by atoms with Gasteiger partial charge >= 0.3 is 0 Å². The molecule has 1 heteroatoms. The molecule has 0 aliphatic rings. The molecule has 0 rings (SSSR count). The molecule has 0 radical (unpaired) electrons. The van der Waals surface area contributed by atoms with Gasteiger partial charge in [0.15, 0.2) is 0 Å². The number of nitrogens with zero attached hydrogens (tertiary/aromatic N) is 1. The van der Waals surface area contributed by atoms with Gasteiger partial charge < -0.3 is 0 Å². The molecule has 0 aliphatic carbocycles. The van der Waals surface area contributed by atoms with Crippen molar-refractivity contribution in [1.82, 2.24) is 0 Å². The molecule has 0 saturated heterocycles. The first-order valence-electron chi connectivity index (χ1n) is 5.20. The summed E-state index contributed by atoms with van der Waals surface area (Å²) in [7, 11) is 0. The number of hydrogen-bond donors (Lipinski definition) is 0. The molecule has 0 fully saturated rings. The highest BCUT2D eigenvalue weighted by Crippen LogP contribution is 2.22. The van der Waals surface area contributed by atoms with E-state index < -0.39 is 0 Å². The summed E-state index contributed by atoms with van der Waals surface area (Å²) in [5, 5.41) is 8.43. The van der Waals surface area contributed by atoms with E-state index >= 15 is 0 Å². The zero-order valence-corrected chi connectivity index (χ0v) is 9.09. The monoisotopic (exact) mass is 179 g/mol. The van der Waals surface area contributed by atoms with Crippen LogP contribution in [0.25, 0.3) is 0 Å². The molecular formula is C12H21N. The van der Waals surface area contributed by atoms with Crippen molar-refractivity contribution in [3.63, 3.8) is 0 Å². The van der Waals surface area contributed by atoms with Crippen LogP contribution in [0.5, 0.6) is 0 Å². The van der Waals surface area contributed by atoms with Crippen LogP contribution in [-0.2, 0) is 0 Å². The van der Waals surface area contributed by atoms with Crippen LogP contribution in [-0.4, -0.2) is 0 Å². The summed E-state index contributed by atoms with van der Waals surface area (Å²) in [5.74, 6) is 1.49. The van der Waals surface area contributed by atoms with Gasteiger partial charge in [0.1, 0.15) is 0 Å². The lowest BCUT2D eigenvalue weighted by atomic mass is 9.88. The normalized spacial score (nSPS) is 13.5. The van der Waals surface area contributed by atoms with E-state index in [0.29, 0.717) is 6.42 Å². The molecule has 0 spiro atoms. The summed E-state index contributed by atoms with van der Waals surface area (Å²) in [6.07, 6.45) is 8.46. The second-order valence-electron chi connectivity index (χ2n) is 3.86. The lowest BCUT2D eigenvalue weighted by molar-refractivity contribution is 0.356. The number of unbranched alkanes of at least 4 members (excludes halogenated alkanes) is 1. The van der Waals surface area contributed by atoms with Gasteiger partial charge in [0, 0.05) is 6.42 Å². The van der Waals surface area contributed by atoms with Crippen molar-refractivity contribution in [1.29, 1.82) is 5.26 Å². The van der Waals surface area contributed by atoms with Crippen LogP contribution in [0.15, 0.2) is 12.2 Å². The predicted molar refractivity (Wildman–Crippen MR) is 57.2 cm³/mol. The van der Waals surface area contributed by atoms with Crippen LogP contribution in [0.1, 0.15) is 46.5 Å². The maximum Gasteiger partial charge on any atom is 0.0621 e. The fourth-order valence-corrected chi connectivity index (χ4v) is 1.48. The van der Waals surface area contributed by atoms with Crippen molar-refractivity contribution in [3.8, 4) is 6.07 Å². The highest BCUT2D eigenvalue weighted by molar-refractivity contribution is 4.82. The number of hydrogen-bond acceptors (Lipinski definition) is 1. The first kappa shape index (κ1) is 12.2. The Morgan fingerprint density at radius 1 is 1.38 bits per heavy atom. The van der Waals surface area contributed by atoms with E-state index in [2.05, 4.69) is 39.0 Å². The molecule has 0 amide bonds. The Kier molecular flexibility index (Phi) is 7.39. The van der Waals surface area contributed by atoms with Gasteiger partial charge in [0.2, 0.25) is 0 Å². The molecule has 0 aliphatic heterocycles.